The van der Waals surface area contributed by atoms with Gasteiger partial charge in [0.15, 0.2) is 0 Å². The monoisotopic (exact) mass is 142 g/mol. The maximum Gasteiger partial charge on any atom is 0.280 e. The van der Waals surface area contributed by atoms with Crippen LogP contribution in [-0.2, 0) is 0 Å². The van der Waals surface area contributed by atoms with Crippen LogP contribution in [0, 0.1) is 12.9 Å². The van der Waals surface area contributed by atoms with Gasteiger partial charge in [0.2, 0.25) is 0 Å². The zero-order valence-electron chi connectivity index (χ0n) is 6.44. The average Bonchev–Trinajstić information content (AvgIpc) is 2.14. The van der Waals surface area contributed by atoms with E-state index in [1.165, 1.54) is 6.26 Å². The van der Waals surface area contributed by atoms with Crippen molar-refractivity contribution in [1.29, 1.82) is 0 Å². The Morgan fingerprint density at radius 2 is 2.10 bits per heavy atom. The maximum atomic E-state index is 12.5. The Labute approximate surface area is 59.9 Å². The third-order valence-electron chi connectivity index (χ3n) is 1.64. The Bertz CT molecular complexity index is 225. The predicted molar refractivity (Wildman–Crippen MR) is 37.5 cm³/mol. The molecule has 0 aliphatic heterocycles. The quantitative estimate of drug-likeness (QED) is 0.587. The van der Waals surface area contributed by atoms with E-state index in [-0.39, 0.29) is 0 Å². The maximum absolute atomic E-state index is 12.5. The van der Waals surface area contributed by atoms with Crippen molar-refractivity contribution in [2.45, 2.75) is 26.7 Å². The molecular formula is C8H11FO. The molecule has 1 nitrogen and oxygen atoms in total. The van der Waals surface area contributed by atoms with Crippen molar-refractivity contribution in [3.05, 3.63) is 23.4 Å². The summed E-state index contributed by atoms with van der Waals surface area (Å²) in [7, 11) is 0. The molecule has 0 spiro atoms. The Hall–Kier alpha value is -0.790. The fraction of sp³-hybridized carbons (Fsp3) is 0.500. The summed E-state index contributed by atoms with van der Waals surface area (Å²) in [5, 5.41) is 0. The van der Waals surface area contributed by atoms with Crippen molar-refractivity contribution >= 4 is 0 Å². The second-order valence-electron chi connectivity index (χ2n) is 2.74. The minimum atomic E-state index is -0.455. The Morgan fingerprint density at radius 3 is 2.30 bits per heavy atom. The van der Waals surface area contributed by atoms with E-state index >= 15 is 0 Å². The molecule has 10 heavy (non-hydrogen) atoms. The minimum Gasteiger partial charge on any atom is -0.439 e. The zero-order chi connectivity index (χ0) is 7.72. The molecule has 0 unspecified atom stereocenters. The molecule has 0 aliphatic rings. The molecule has 0 fully saturated rings. The zero-order valence-corrected chi connectivity index (χ0v) is 6.44. The lowest BCUT2D eigenvalue weighted by Crippen LogP contribution is -1.86. The number of hydrogen-bond donors (Lipinski definition) is 0. The highest BCUT2D eigenvalue weighted by atomic mass is 19.1. The normalized spacial score (nSPS) is 10.9. The molecule has 0 bridgehead atoms. The minimum absolute atomic E-state index is 0.341. The molecule has 56 valence electrons. The smallest absolute Gasteiger partial charge is 0.280 e. The summed E-state index contributed by atoms with van der Waals surface area (Å²) < 4.78 is 17.1. The van der Waals surface area contributed by atoms with Gasteiger partial charge >= 0.3 is 0 Å². The molecule has 0 aromatic carbocycles. The van der Waals surface area contributed by atoms with E-state index in [0.717, 1.165) is 5.56 Å². The van der Waals surface area contributed by atoms with Crippen LogP contribution in [0.1, 0.15) is 30.9 Å². The van der Waals surface area contributed by atoms with Crippen molar-refractivity contribution < 1.29 is 8.81 Å². The predicted octanol–water partition coefficient (Wildman–Crippen LogP) is 2.85. The van der Waals surface area contributed by atoms with Gasteiger partial charge in [-0.25, -0.2) is 0 Å². The van der Waals surface area contributed by atoms with Gasteiger partial charge in [-0.1, -0.05) is 13.8 Å². The molecule has 0 amide bonds. The summed E-state index contributed by atoms with van der Waals surface area (Å²) in [6, 6.07) is -0.455. The summed E-state index contributed by atoms with van der Waals surface area (Å²) in [4.78, 5) is 0. The number of halogens is 1. The summed E-state index contributed by atoms with van der Waals surface area (Å²) in [6.45, 7) is 5.75. The molecule has 0 aliphatic carbocycles. The van der Waals surface area contributed by atoms with Gasteiger partial charge in [-0.3, -0.25) is 0 Å². The van der Waals surface area contributed by atoms with Crippen LogP contribution in [0.25, 0.3) is 0 Å². The molecule has 0 saturated heterocycles. The molecular weight excluding hydrogens is 131 g/mol. The Morgan fingerprint density at radius 1 is 1.50 bits per heavy atom. The Kier molecular flexibility index (Phi) is 1.79. The van der Waals surface area contributed by atoms with Crippen LogP contribution < -0.4 is 0 Å². The molecule has 1 heterocycles. The lowest BCUT2D eigenvalue weighted by Gasteiger charge is -1.99. The van der Waals surface area contributed by atoms with Crippen LogP contribution in [0.5, 0.6) is 0 Å². The van der Waals surface area contributed by atoms with Crippen molar-refractivity contribution in [3.63, 3.8) is 0 Å². The van der Waals surface area contributed by atoms with Crippen LogP contribution in [-0.4, -0.2) is 0 Å². The number of hydrogen-bond acceptors (Lipinski definition) is 1. The first kappa shape index (κ1) is 7.32. The lowest BCUT2D eigenvalue weighted by molar-refractivity contribution is 0.354. The van der Waals surface area contributed by atoms with Crippen molar-refractivity contribution in [2.75, 3.05) is 0 Å². The molecule has 1 aromatic heterocycles. The highest BCUT2D eigenvalue weighted by molar-refractivity contribution is 5.23. The lowest BCUT2D eigenvalue weighted by atomic mass is 10.0. The van der Waals surface area contributed by atoms with Gasteiger partial charge in [-0.05, 0) is 18.4 Å². The molecule has 1 aromatic rings. The van der Waals surface area contributed by atoms with E-state index in [0.29, 0.717) is 11.5 Å². The molecule has 2 heteroatoms. The summed E-state index contributed by atoms with van der Waals surface area (Å²) >= 11 is 0. The average molecular weight is 142 g/mol. The fourth-order valence-corrected chi connectivity index (χ4v) is 0.975. The van der Waals surface area contributed by atoms with Crippen LogP contribution in [0.2, 0.25) is 0 Å². The van der Waals surface area contributed by atoms with E-state index in [1.807, 2.05) is 13.8 Å². The molecule has 1 rings (SSSR count). The number of rotatable bonds is 1. The van der Waals surface area contributed by atoms with E-state index in [4.69, 9.17) is 0 Å². The van der Waals surface area contributed by atoms with E-state index in [1.54, 1.807) is 6.92 Å². The standard InChI is InChI=1S/C8H11FO/c1-5(2)7-4-10-8(9)6(7)3/h4-5H,1-3H3. The molecule has 0 N–H and O–H groups in total. The van der Waals surface area contributed by atoms with Gasteiger partial charge in [0.1, 0.15) is 0 Å². The van der Waals surface area contributed by atoms with E-state index < -0.39 is 6.01 Å². The Balaban J connectivity index is 3.05. The van der Waals surface area contributed by atoms with Crippen molar-refractivity contribution in [1.82, 2.24) is 0 Å². The van der Waals surface area contributed by atoms with Gasteiger partial charge < -0.3 is 4.42 Å². The summed E-state index contributed by atoms with van der Waals surface area (Å²) in [6.07, 6.45) is 1.48. The SMILES string of the molecule is Cc1c(C(C)C)coc1F. The second kappa shape index (κ2) is 2.45. The van der Waals surface area contributed by atoms with Crippen molar-refractivity contribution in [2.24, 2.45) is 0 Å². The third kappa shape index (κ3) is 1.06. The first-order valence-electron chi connectivity index (χ1n) is 3.36. The van der Waals surface area contributed by atoms with Crippen LogP contribution in [0.4, 0.5) is 4.39 Å². The first-order valence-corrected chi connectivity index (χ1v) is 3.36. The number of furan rings is 1. The van der Waals surface area contributed by atoms with Crippen LogP contribution >= 0.6 is 0 Å². The van der Waals surface area contributed by atoms with Crippen LogP contribution in [0.3, 0.4) is 0 Å². The second-order valence-corrected chi connectivity index (χ2v) is 2.74. The largest absolute Gasteiger partial charge is 0.439 e. The topological polar surface area (TPSA) is 13.1 Å². The van der Waals surface area contributed by atoms with E-state index in [2.05, 4.69) is 4.42 Å². The molecule has 0 atom stereocenters. The van der Waals surface area contributed by atoms with Gasteiger partial charge in [0.05, 0.1) is 6.26 Å². The van der Waals surface area contributed by atoms with Gasteiger partial charge in [0, 0.05) is 5.56 Å². The van der Waals surface area contributed by atoms with Crippen LogP contribution in [0.15, 0.2) is 10.7 Å². The third-order valence-corrected chi connectivity index (χ3v) is 1.64. The van der Waals surface area contributed by atoms with Gasteiger partial charge in [-0.2, -0.15) is 4.39 Å². The van der Waals surface area contributed by atoms with E-state index in [9.17, 15) is 4.39 Å². The van der Waals surface area contributed by atoms with Gasteiger partial charge in [-0.15, -0.1) is 0 Å². The van der Waals surface area contributed by atoms with Crippen molar-refractivity contribution in [3.8, 4) is 0 Å². The highest BCUT2D eigenvalue weighted by Crippen LogP contribution is 2.22. The highest BCUT2D eigenvalue weighted by Gasteiger charge is 2.10. The molecule has 0 saturated carbocycles. The first-order chi connectivity index (χ1) is 4.63. The fourth-order valence-electron chi connectivity index (χ4n) is 0.975. The summed E-state index contributed by atoms with van der Waals surface area (Å²) in [5.41, 5.74) is 1.59. The summed E-state index contributed by atoms with van der Waals surface area (Å²) in [5.74, 6) is 0.341. The molecule has 0 radical (unpaired) electrons. The van der Waals surface area contributed by atoms with Gasteiger partial charge in [0.25, 0.3) is 6.01 Å².